The molecular formula is C17H14BrF3N4O2. The molecule has 0 atom stereocenters. The van der Waals surface area contributed by atoms with Crippen LogP contribution >= 0.6 is 15.9 Å². The molecule has 27 heavy (non-hydrogen) atoms. The monoisotopic (exact) mass is 442 g/mol. The number of aromatic nitrogens is 3. The van der Waals surface area contributed by atoms with Gasteiger partial charge in [0.1, 0.15) is 5.56 Å². The van der Waals surface area contributed by atoms with Crippen LogP contribution in [-0.2, 0) is 10.9 Å². The van der Waals surface area contributed by atoms with Crippen LogP contribution in [0.2, 0.25) is 0 Å². The number of carbonyl (C=O) groups excluding carboxylic acids is 1. The van der Waals surface area contributed by atoms with E-state index in [0.29, 0.717) is 10.1 Å². The summed E-state index contributed by atoms with van der Waals surface area (Å²) in [4.78, 5) is 16.6. The van der Waals surface area contributed by atoms with Gasteiger partial charge in [-0.05, 0) is 18.2 Å². The second-order valence-electron chi connectivity index (χ2n) is 5.57. The maximum atomic E-state index is 13.5. The molecule has 0 aliphatic heterocycles. The summed E-state index contributed by atoms with van der Waals surface area (Å²) in [7, 11) is 1.48. The van der Waals surface area contributed by atoms with Crippen molar-refractivity contribution in [1.29, 1.82) is 0 Å². The molecule has 2 aromatic heterocycles. The Morgan fingerprint density at radius 1 is 1.30 bits per heavy atom. The predicted molar refractivity (Wildman–Crippen MR) is 95.3 cm³/mol. The van der Waals surface area contributed by atoms with Gasteiger partial charge in [0.2, 0.25) is 0 Å². The number of nitrogens with zero attached hydrogens (tertiary/aromatic N) is 3. The lowest BCUT2D eigenvalue weighted by molar-refractivity contribution is -0.142. The summed E-state index contributed by atoms with van der Waals surface area (Å²) in [5.41, 5.74) is -0.651. The summed E-state index contributed by atoms with van der Waals surface area (Å²) in [5, 5.41) is 6.28. The molecule has 0 saturated carbocycles. The topological polar surface area (TPSA) is 68.5 Å². The summed E-state index contributed by atoms with van der Waals surface area (Å²) >= 11 is 3.28. The minimum atomic E-state index is -4.67. The second kappa shape index (κ2) is 7.65. The Bertz CT molecular complexity index is 971. The van der Waals surface area contributed by atoms with Crippen molar-refractivity contribution >= 4 is 27.5 Å². The highest BCUT2D eigenvalue weighted by Crippen LogP contribution is 2.33. The third-order valence-corrected chi connectivity index (χ3v) is 4.27. The number of amides is 1. The van der Waals surface area contributed by atoms with Gasteiger partial charge >= 0.3 is 6.18 Å². The Labute approximate surface area is 160 Å². The average molecular weight is 443 g/mol. The van der Waals surface area contributed by atoms with Crippen LogP contribution in [0.1, 0.15) is 16.1 Å². The van der Waals surface area contributed by atoms with Gasteiger partial charge in [-0.1, -0.05) is 28.1 Å². The number of alkyl halides is 3. The number of fused-ring (bicyclic) bond motifs is 1. The van der Waals surface area contributed by atoms with Gasteiger partial charge in [-0.3, -0.25) is 4.79 Å². The maximum Gasteiger partial charge on any atom is 0.433 e. The number of rotatable bonds is 5. The molecule has 0 radical (unpaired) electrons. The third-order valence-electron chi connectivity index (χ3n) is 3.74. The van der Waals surface area contributed by atoms with Gasteiger partial charge in [0.25, 0.3) is 5.91 Å². The summed E-state index contributed by atoms with van der Waals surface area (Å²) in [6.45, 7) is 0.488. The Hall–Kier alpha value is -2.46. The Balaban J connectivity index is 2.13. The van der Waals surface area contributed by atoms with Gasteiger partial charge in [-0.15, -0.1) is 0 Å². The Morgan fingerprint density at radius 2 is 2.00 bits per heavy atom. The predicted octanol–water partition coefficient (Wildman–Crippen LogP) is 3.55. The number of hydrogen-bond acceptors (Lipinski definition) is 4. The van der Waals surface area contributed by atoms with Crippen LogP contribution in [-0.4, -0.2) is 40.8 Å². The van der Waals surface area contributed by atoms with E-state index in [0.717, 1.165) is 16.7 Å². The minimum Gasteiger partial charge on any atom is -0.383 e. The van der Waals surface area contributed by atoms with E-state index >= 15 is 0 Å². The molecule has 0 aliphatic carbocycles. The van der Waals surface area contributed by atoms with E-state index in [9.17, 15) is 18.0 Å². The van der Waals surface area contributed by atoms with E-state index in [1.54, 1.807) is 24.3 Å². The molecule has 6 nitrogen and oxygen atoms in total. The number of ether oxygens (including phenoxy) is 1. The van der Waals surface area contributed by atoms with Gasteiger partial charge in [-0.2, -0.15) is 18.3 Å². The largest absolute Gasteiger partial charge is 0.433 e. The number of benzene rings is 1. The molecule has 3 aromatic rings. The van der Waals surface area contributed by atoms with Crippen LogP contribution in [0.3, 0.4) is 0 Å². The molecule has 0 unspecified atom stereocenters. The molecule has 0 spiro atoms. The molecule has 3 rings (SSSR count). The smallest absolute Gasteiger partial charge is 0.383 e. The second-order valence-corrected chi connectivity index (χ2v) is 6.49. The number of carbonyl (C=O) groups is 1. The first-order valence-electron chi connectivity index (χ1n) is 7.80. The lowest BCUT2D eigenvalue weighted by Crippen LogP contribution is -2.27. The van der Waals surface area contributed by atoms with E-state index in [-0.39, 0.29) is 30.1 Å². The average Bonchev–Trinajstić information content (AvgIpc) is 3.04. The zero-order valence-electron chi connectivity index (χ0n) is 14.0. The molecule has 1 N–H and O–H groups in total. The van der Waals surface area contributed by atoms with Gasteiger partial charge in [0.15, 0.2) is 11.3 Å². The quantitative estimate of drug-likeness (QED) is 0.613. The van der Waals surface area contributed by atoms with E-state index in [4.69, 9.17) is 4.74 Å². The molecule has 2 heterocycles. The van der Waals surface area contributed by atoms with E-state index < -0.39 is 17.8 Å². The van der Waals surface area contributed by atoms with E-state index in [1.165, 1.54) is 7.11 Å². The van der Waals surface area contributed by atoms with E-state index in [1.807, 2.05) is 0 Å². The summed E-state index contributed by atoms with van der Waals surface area (Å²) < 4.78 is 46.8. The van der Waals surface area contributed by atoms with Gasteiger partial charge in [-0.25, -0.2) is 9.50 Å². The molecule has 0 aliphatic rings. The first kappa shape index (κ1) is 19.3. The van der Waals surface area contributed by atoms with Crippen LogP contribution in [0.15, 0.2) is 41.0 Å². The molecule has 1 amide bonds. The summed E-state index contributed by atoms with van der Waals surface area (Å²) in [6.07, 6.45) is -3.59. The molecule has 1 aromatic carbocycles. The fourth-order valence-electron chi connectivity index (χ4n) is 2.46. The zero-order valence-corrected chi connectivity index (χ0v) is 15.6. The Morgan fingerprint density at radius 3 is 2.63 bits per heavy atom. The molecular weight excluding hydrogens is 429 g/mol. The van der Waals surface area contributed by atoms with Crippen LogP contribution in [0.25, 0.3) is 16.9 Å². The van der Waals surface area contributed by atoms with Crippen molar-refractivity contribution in [2.45, 2.75) is 6.18 Å². The minimum absolute atomic E-state index is 0.0458. The zero-order chi connectivity index (χ0) is 19.6. The van der Waals surface area contributed by atoms with Crippen LogP contribution in [0.4, 0.5) is 13.2 Å². The molecule has 10 heteroatoms. The maximum absolute atomic E-state index is 13.5. The number of nitrogens with one attached hydrogen (secondary N) is 1. The van der Waals surface area contributed by atoms with Crippen molar-refractivity contribution in [2.75, 3.05) is 20.3 Å². The molecule has 0 fully saturated rings. The highest BCUT2D eigenvalue weighted by molar-refractivity contribution is 9.10. The van der Waals surface area contributed by atoms with Gasteiger partial charge < -0.3 is 10.1 Å². The first-order valence-corrected chi connectivity index (χ1v) is 8.59. The third kappa shape index (κ3) is 4.11. The lowest BCUT2D eigenvalue weighted by Gasteiger charge is -2.12. The molecule has 0 bridgehead atoms. The van der Waals surface area contributed by atoms with Crippen LogP contribution in [0.5, 0.6) is 0 Å². The van der Waals surface area contributed by atoms with Crippen molar-refractivity contribution in [1.82, 2.24) is 19.9 Å². The highest BCUT2D eigenvalue weighted by atomic mass is 79.9. The van der Waals surface area contributed by atoms with Crippen LogP contribution in [0, 0.1) is 0 Å². The first-order chi connectivity index (χ1) is 12.8. The van der Waals surface area contributed by atoms with Crippen molar-refractivity contribution in [3.63, 3.8) is 0 Å². The standard InChI is InChI=1S/C17H14BrF3N4O2/c1-27-7-6-22-16(26)12-9-23-25-14(17(19,20)21)8-13(24-15(12)25)10-2-4-11(18)5-3-10/h2-5,8-9H,6-7H2,1H3,(H,22,26). The van der Waals surface area contributed by atoms with Crippen molar-refractivity contribution in [3.05, 3.63) is 52.3 Å². The number of halogens is 4. The summed E-state index contributed by atoms with van der Waals surface area (Å²) in [5.74, 6) is -0.573. The fraction of sp³-hybridized carbons (Fsp3) is 0.235. The fourth-order valence-corrected chi connectivity index (χ4v) is 2.72. The van der Waals surface area contributed by atoms with Crippen molar-refractivity contribution in [3.8, 4) is 11.3 Å². The van der Waals surface area contributed by atoms with E-state index in [2.05, 4.69) is 31.3 Å². The van der Waals surface area contributed by atoms with Gasteiger partial charge in [0.05, 0.1) is 18.5 Å². The van der Waals surface area contributed by atoms with Crippen LogP contribution < -0.4 is 5.32 Å². The van der Waals surface area contributed by atoms with Crippen molar-refractivity contribution in [2.24, 2.45) is 0 Å². The number of hydrogen-bond donors (Lipinski definition) is 1. The normalized spacial score (nSPS) is 11.7. The van der Waals surface area contributed by atoms with Crippen molar-refractivity contribution < 1.29 is 22.7 Å². The number of methoxy groups -OCH3 is 1. The highest BCUT2D eigenvalue weighted by Gasteiger charge is 2.36. The molecule has 0 saturated heterocycles. The Kier molecular flexibility index (Phi) is 5.47. The summed E-state index contributed by atoms with van der Waals surface area (Å²) in [6, 6.07) is 7.58. The lowest BCUT2D eigenvalue weighted by atomic mass is 10.1. The van der Waals surface area contributed by atoms with Gasteiger partial charge in [0, 0.05) is 23.7 Å². The molecule has 142 valence electrons. The SMILES string of the molecule is COCCNC(=O)c1cnn2c(C(F)(F)F)cc(-c3ccc(Br)cc3)nc12.